The molecule has 0 fully saturated rings. The molecule has 0 aliphatic heterocycles. The number of amides is 2. The molecular weight excluding hydrogens is 372 g/mol. The van der Waals surface area contributed by atoms with Crippen molar-refractivity contribution >= 4 is 11.8 Å². The van der Waals surface area contributed by atoms with Crippen LogP contribution in [0.25, 0.3) is 0 Å². The number of carbonyl (C=O) groups excluding carboxylic acids is 2. The highest BCUT2D eigenvalue weighted by atomic mass is 16.2. The van der Waals surface area contributed by atoms with Gasteiger partial charge in [0.1, 0.15) is 6.04 Å². The van der Waals surface area contributed by atoms with Crippen molar-refractivity contribution in [3.63, 3.8) is 0 Å². The van der Waals surface area contributed by atoms with E-state index in [1.807, 2.05) is 52.0 Å². The fourth-order valence-corrected chi connectivity index (χ4v) is 3.65. The molecule has 1 N–H and O–H groups in total. The topological polar surface area (TPSA) is 49.4 Å². The van der Waals surface area contributed by atoms with Crippen molar-refractivity contribution in [1.82, 2.24) is 10.2 Å². The van der Waals surface area contributed by atoms with E-state index >= 15 is 0 Å². The molecule has 30 heavy (non-hydrogen) atoms. The lowest BCUT2D eigenvalue weighted by molar-refractivity contribution is -0.141. The number of unbranched alkanes of at least 4 members (excludes halogenated alkanes) is 1. The van der Waals surface area contributed by atoms with E-state index in [9.17, 15) is 9.59 Å². The summed E-state index contributed by atoms with van der Waals surface area (Å²) in [4.78, 5) is 28.2. The van der Waals surface area contributed by atoms with Gasteiger partial charge >= 0.3 is 0 Å². The van der Waals surface area contributed by atoms with Crippen molar-refractivity contribution < 1.29 is 9.59 Å². The Balaban J connectivity index is 2.31. The standard InChI is InChI=1S/C26H36N2O2/c1-6-8-15-27-26(30)24(7-2)28(18-22-12-10-9-11-20(22)4)25(29)17-23-16-19(3)13-14-21(23)5/h9-14,16,24H,6-8,15,17-18H2,1-5H3,(H,27,30)/t24-/m1/s1. The summed E-state index contributed by atoms with van der Waals surface area (Å²) in [6, 6.07) is 13.8. The van der Waals surface area contributed by atoms with E-state index < -0.39 is 6.04 Å². The predicted octanol–water partition coefficient (Wildman–Crippen LogP) is 4.88. The minimum absolute atomic E-state index is 0.00977. The van der Waals surface area contributed by atoms with Crippen LogP contribution in [0.1, 0.15) is 60.9 Å². The number of carbonyl (C=O) groups is 2. The maximum absolute atomic E-state index is 13.5. The number of rotatable bonds is 10. The second-order valence-electron chi connectivity index (χ2n) is 8.12. The molecule has 1 atom stereocenters. The molecule has 0 saturated heterocycles. The summed E-state index contributed by atoms with van der Waals surface area (Å²) in [5.74, 6) is -0.0710. The van der Waals surface area contributed by atoms with Gasteiger partial charge < -0.3 is 10.2 Å². The summed E-state index contributed by atoms with van der Waals surface area (Å²) in [6.45, 7) is 11.3. The minimum Gasteiger partial charge on any atom is -0.354 e. The molecule has 162 valence electrons. The molecule has 0 spiro atoms. The van der Waals surface area contributed by atoms with Gasteiger partial charge in [-0.05, 0) is 55.9 Å². The molecule has 4 heteroatoms. The van der Waals surface area contributed by atoms with Gasteiger partial charge in [0.15, 0.2) is 0 Å². The second-order valence-corrected chi connectivity index (χ2v) is 8.12. The Morgan fingerprint density at radius 1 is 0.967 bits per heavy atom. The summed E-state index contributed by atoms with van der Waals surface area (Å²) >= 11 is 0. The van der Waals surface area contributed by atoms with Crippen LogP contribution >= 0.6 is 0 Å². The summed E-state index contributed by atoms with van der Waals surface area (Å²) in [5.41, 5.74) is 5.47. The quantitative estimate of drug-likeness (QED) is 0.570. The van der Waals surface area contributed by atoms with Gasteiger partial charge in [-0.25, -0.2) is 0 Å². The Morgan fingerprint density at radius 2 is 1.67 bits per heavy atom. The van der Waals surface area contributed by atoms with E-state index in [2.05, 4.69) is 30.4 Å². The lowest BCUT2D eigenvalue weighted by atomic mass is 10.0. The summed E-state index contributed by atoms with van der Waals surface area (Å²) in [5, 5.41) is 3.02. The van der Waals surface area contributed by atoms with Gasteiger partial charge in [-0.1, -0.05) is 68.3 Å². The monoisotopic (exact) mass is 408 g/mol. The van der Waals surface area contributed by atoms with Crippen LogP contribution < -0.4 is 5.32 Å². The molecule has 0 heterocycles. The van der Waals surface area contributed by atoms with Crippen LogP contribution in [-0.2, 0) is 22.6 Å². The van der Waals surface area contributed by atoms with Crippen LogP contribution in [-0.4, -0.2) is 29.3 Å². The number of aryl methyl sites for hydroxylation is 3. The first-order valence-electron chi connectivity index (χ1n) is 11.0. The molecule has 0 unspecified atom stereocenters. The fourth-order valence-electron chi connectivity index (χ4n) is 3.65. The van der Waals surface area contributed by atoms with E-state index in [4.69, 9.17) is 0 Å². The molecule has 2 aromatic rings. The first-order valence-corrected chi connectivity index (χ1v) is 11.0. The Morgan fingerprint density at radius 3 is 2.33 bits per heavy atom. The number of hydrogen-bond donors (Lipinski definition) is 1. The average Bonchev–Trinajstić information content (AvgIpc) is 2.72. The molecule has 0 bridgehead atoms. The highest BCUT2D eigenvalue weighted by Crippen LogP contribution is 2.19. The molecular formula is C26H36N2O2. The third-order valence-electron chi connectivity index (χ3n) is 5.66. The average molecular weight is 409 g/mol. The van der Waals surface area contributed by atoms with Crippen LogP contribution in [0.2, 0.25) is 0 Å². The molecule has 0 aromatic heterocycles. The lowest BCUT2D eigenvalue weighted by Gasteiger charge is -2.31. The van der Waals surface area contributed by atoms with Crippen LogP contribution in [0.5, 0.6) is 0 Å². The summed E-state index contributed by atoms with van der Waals surface area (Å²) < 4.78 is 0. The van der Waals surface area contributed by atoms with Crippen molar-refractivity contribution in [3.8, 4) is 0 Å². The Kier molecular flexibility index (Phi) is 9.10. The normalized spacial score (nSPS) is 11.8. The minimum atomic E-state index is -0.473. The van der Waals surface area contributed by atoms with Gasteiger partial charge in [0.25, 0.3) is 0 Å². The zero-order chi connectivity index (χ0) is 22.1. The van der Waals surface area contributed by atoms with Crippen molar-refractivity contribution in [2.24, 2.45) is 0 Å². The van der Waals surface area contributed by atoms with Gasteiger partial charge in [-0.3, -0.25) is 9.59 Å². The van der Waals surface area contributed by atoms with Gasteiger partial charge in [-0.15, -0.1) is 0 Å². The summed E-state index contributed by atoms with van der Waals surface area (Å²) in [7, 11) is 0. The van der Waals surface area contributed by atoms with Gasteiger partial charge in [0.05, 0.1) is 6.42 Å². The second kappa shape index (κ2) is 11.5. The van der Waals surface area contributed by atoms with E-state index in [-0.39, 0.29) is 11.8 Å². The maximum Gasteiger partial charge on any atom is 0.242 e. The third kappa shape index (κ3) is 6.45. The number of benzene rings is 2. The van der Waals surface area contributed by atoms with Crippen LogP contribution in [0, 0.1) is 20.8 Å². The lowest BCUT2D eigenvalue weighted by Crippen LogP contribution is -2.49. The summed E-state index contributed by atoms with van der Waals surface area (Å²) in [6.07, 6.45) is 2.85. The third-order valence-corrected chi connectivity index (χ3v) is 5.66. The smallest absolute Gasteiger partial charge is 0.242 e. The fraction of sp³-hybridized carbons (Fsp3) is 0.462. The van der Waals surface area contributed by atoms with Gasteiger partial charge in [-0.2, -0.15) is 0 Å². The molecule has 0 aliphatic carbocycles. The van der Waals surface area contributed by atoms with Crippen LogP contribution in [0.4, 0.5) is 0 Å². The van der Waals surface area contributed by atoms with Gasteiger partial charge in [0.2, 0.25) is 11.8 Å². The molecule has 0 aliphatic rings. The molecule has 0 saturated carbocycles. The van der Waals surface area contributed by atoms with Crippen LogP contribution in [0.15, 0.2) is 42.5 Å². The van der Waals surface area contributed by atoms with Gasteiger partial charge in [0, 0.05) is 13.1 Å². The van der Waals surface area contributed by atoms with E-state index in [1.54, 1.807) is 4.90 Å². The van der Waals surface area contributed by atoms with E-state index in [0.717, 1.165) is 40.7 Å². The van der Waals surface area contributed by atoms with Crippen LogP contribution in [0.3, 0.4) is 0 Å². The van der Waals surface area contributed by atoms with Crippen molar-refractivity contribution in [1.29, 1.82) is 0 Å². The predicted molar refractivity (Wildman–Crippen MR) is 123 cm³/mol. The zero-order valence-electron chi connectivity index (χ0n) is 19.1. The Labute approximate surface area is 181 Å². The molecule has 2 aromatic carbocycles. The first-order chi connectivity index (χ1) is 14.4. The molecule has 2 rings (SSSR count). The largest absolute Gasteiger partial charge is 0.354 e. The van der Waals surface area contributed by atoms with E-state index in [0.29, 0.717) is 25.9 Å². The number of nitrogens with zero attached hydrogens (tertiary/aromatic N) is 1. The highest BCUT2D eigenvalue weighted by Gasteiger charge is 2.29. The SMILES string of the molecule is CCCCNC(=O)[C@@H](CC)N(Cc1ccccc1C)C(=O)Cc1cc(C)ccc1C. The molecule has 4 nitrogen and oxygen atoms in total. The highest BCUT2D eigenvalue weighted by molar-refractivity contribution is 5.88. The van der Waals surface area contributed by atoms with E-state index in [1.165, 1.54) is 0 Å². The van der Waals surface area contributed by atoms with Crippen molar-refractivity contribution in [2.75, 3.05) is 6.54 Å². The van der Waals surface area contributed by atoms with Crippen molar-refractivity contribution in [3.05, 3.63) is 70.3 Å². The Hall–Kier alpha value is -2.62. The van der Waals surface area contributed by atoms with Crippen molar-refractivity contribution in [2.45, 2.75) is 72.9 Å². The Bertz CT molecular complexity index is 860. The molecule has 2 amide bonds. The first kappa shape index (κ1) is 23.7. The zero-order valence-corrected chi connectivity index (χ0v) is 19.1. The number of hydrogen-bond acceptors (Lipinski definition) is 2. The molecule has 0 radical (unpaired) electrons. The maximum atomic E-state index is 13.5. The number of nitrogens with one attached hydrogen (secondary N) is 1.